The zero-order valence-corrected chi connectivity index (χ0v) is 15.6. The van der Waals surface area contributed by atoms with E-state index in [1.54, 1.807) is 0 Å². The number of thiazole rings is 1. The molecular weight excluding hydrogens is 344 g/mol. The molecule has 0 bridgehead atoms. The molecule has 4 rings (SSSR count). The Morgan fingerprint density at radius 3 is 2.96 bits per heavy atom. The molecule has 3 aromatic rings. The summed E-state index contributed by atoms with van der Waals surface area (Å²) in [7, 11) is 0. The average molecular weight is 366 g/mol. The van der Waals surface area contributed by atoms with E-state index in [0.717, 1.165) is 37.4 Å². The Kier molecular flexibility index (Phi) is 4.84. The number of nitrogens with one attached hydrogen (secondary N) is 1. The average Bonchev–Trinajstić information content (AvgIpc) is 3.31. The Morgan fingerprint density at radius 2 is 2.19 bits per heavy atom. The lowest BCUT2D eigenvalue weighted by molar-refractivity contribution is 0.0700. The normalized spacial score (nSPS) is 17.4. The van der Waals surface area contributed by atoms with Crippen molar-refractivity contribution in [1.82, 2.24) is 20.1 Å². The van der Waals surface area contributed by atoms with Gasteiger partial charge in [-0.15, -0.1) is 11.3 Å². The molecule has 1 saturated heterocycles. The molecule has 0 saturated carbocycles. The van der Waals surface area contributed by atoms with E-state index in [4.69, 9.17) is 0 Å². The Hall–Kier alpha value is -2.47. The molecule has 26 heavy (non-hydrogen) atoms. The summed E-state index contributed by atoms with van der Waals surface area (Å²) in [6.45, 7) is 3.45. The van der Waals surface area contributed by atoms with Gasteiger partial charge in [-0.05, 0) is 30.9 Å². The van der Waals surface area contributed by atoms with Crippen LogP contribution < -0.4 is 0 Å². The molecule has 1 amide bonds. The first-order chi connectivity index (χ1) is 12.7. The van der Waals surface area contributed by atoms with E-state index in [9.17, 15) is 4.79 Å². The molecule has 1 N–H and O–H groups in total. The SMILES string of the molecule is Cc1nc(C(=O)N2CCCC(c3[nH]ncc3Cc3ccccc3)C2)cs1. The van der Waals surface area contributed by atoms with Gasteiger partial charge in [0.05, 0.1) is 11.2 Å². The predicted octanol–water partition coefficient (Wildman–Crippen LogP) is 3.79. The van der Waals surface area contributed by atoms with Crippen LogP contribution in [0.25, 0.3) is 0 Å². The van der Waals surface area contributed by atoms with Gasteiger partial charge in [0.2, 0.25) is 0 Å². The van der Waals surface area contributed by atoms with Crippen molar-refractivity contribution >= 4 is 17.2 Å². The highest BCUT2D eigenvalue weighted by molar-refractivity contribution is 7.09. The summed E-state index contributed by atoms with van der Waals surface area (Å²) >= 11 is 1.52. The maximum atomic E-state index is 12.7. The van der Waals surface area contributed by atoms with Gasteiger partial charge in [0.15, 0.2) is 0 Å². The minimum atomic E-state index is 0.0446. The minimum Gasteiger partial charge on any atom is -0.337 e. The first kappa shape index (κ1) is 17.0. The molecule has 6 heteroatoms. The molecule has 0 aliphatic carbocycles. The summed E-state index contributed by atoms with van der Waals surface area (Å²) in [6.07, 6.45) is 4.86. The minimum absolute atomic E-state index is 0.0446. The first-order valence-electron chi connectivity index (χ1n) is 8.98. The lowest BCUT2D eigenvalue weighted by Crippen LogP contribution is -2.39. The van der Waals surface area contributed by atoms with Crippen LogP contribution in [-0.2, 0) is 6.42 Å². The number of piperidine rings is 1. The largest absolute Gasteiger partial charge is 0.337 e. The zero-order valence-electron chi connectivity index (χ0n) is 14.8. The molecule has 1 aliphatic rings. The second kappa shape index (κ2) is 7.41. The van der Waals surface area contributed by atoms with Gasteiger partial charge in [0.25, 0.3) is 5.91 Å². The number of aromatic nitrogens is 3. The number of hydrogen-bond donors (Lipinski definition) is 1. The van der Waals surface area contributed by atoms with Gasteiger partial charge in [-0.25, -0.2) is 4.98 Å². The van der Waals surface area contributed by atoms with E-state index in [1.807, 2.05) is 29.5 Å². The summed E-state index contributed by atoms with van der Waals surface area (Å²) in [5, 5.41) is 10.3. The van der Waals surface area contributed by atoms with E-state index in [0.29, 0.717) is 11.6 Å². The summed E-state index contributed by atoms with van der Waals surface area (Å²) in [4.78, 5) is 19.0. The number of carbonyl (C=O) groups excluding carboxylic acids is 1. The fourth-order valence-corrected chi connectivity index (χ4v) is 4.24. The molecule has 1 fully saturated rings. The van der Waals surface area contributed by atoms with Crippen LogP contribution in [0.5, 0.6) is 0 Å². The van der Waals surface area contributed by atoms with Crippen molar-refractivity contribution < 1.29 is 4.79 Å². The van der Waals surface area contributed by atoms with Crippen LogP contribution in [0.15, 0.2) is 41.9 Å². The lowest BCUT2D eigenvalue weighted by Gasteiger charge is -2.32. The third-order valence-corrected chi connectivity index (χ3v) is 5.72. The van der Waals surface area contributed by atoms with E-state index >= 15 is 0 Å². The number of amides is 1. The van der Waals surface area contributed by atoms with Gasteiger partial charge in [0, 0.05) is 36.5 Å². The van der Waals surface area contributed by atoms with Crippen molar-refractivity contribution in [3.8, 4) is 0 Å². The monoisotopic (exact) mass is 366 g/mol. The fraction of sp³-hybridized carbons (Fsp3) is 0.350. The number of nitrogens with zero attached hydrogens (tertiary/aromatic N) is 3. The van der Waals surface area contributed by atoms with Crippen LogP contribution in [0.4, 0.5) is 0 Å². The van der Waals surface area contributed by atoms with Gasteiger partial charge in [0.1, 0.15) is 5.69 Å². The molecule has 0 spiro atoms. The van der Waals surface area contributed by atoms with Crippen LogP contribution in [0.1, 0.15) is 51.1 Å². The maximum absolute atomic E-state index is 12.7. The Bertz CT molecular complexity index is 886. The quantitative estimate of drug-likeness (QED) is 0.764. The van der Waals surface area contributed by atoms with Gasteiger partial charge in [-0.3, -0.25) is 9.89 Å². The molecule has 1 unspecified atom stereocenters. The third kappa shape index (κ3) is 3.55. The van der Waals surface area contributed by atoms with Crippen molar-refractivity contribution in [2.75, 3.05) is 13.1 Å². The highest BCUT2D eigenvalue weighted by atomic mass is 32.1. The molecule has 1 atom stereocenters. The fourth-order valence-electron chi connectivity index (χ4n) is 3.65. The number of likely N-dealkylation sites (tertiary alicyclic amines) is 1. The van der Waals surface area contributed by atoms with E-state index < -0.39 is 0 Å². The number of hydrogen-bond acceptors (Lipinski definition) is 4. The molecule has 2 aromatic heterocycles. The summed E-state index contributed by atoms with van der Waals surface area (Å²) in [5.74, 6) is 0.344. The van der Waals surface area contributed by atoms with Crippen LogP contribution in [0.3, 0.4) is 0 Å². The van der Waals surface area contributed by atoms with E-state index in [1.165, 1.54) is 28.2 Å². The maximum Gasteiger partial charge on any atom is 0.273 e. The predicted molar refractivity (Wildman–Crippen MR) is 103 cm³/mol. The highest BCUT2D eigenvalue weighted by Gasteiger charge is 2.28. The Labute approximate surface area is 157 Å². The van der Waals surface area contributed by atoms with Crippen LogP contribution in [-0.4, -0.2) is 39.1 Å². The zero-order chi connectivity index (χ0) is 17.9. The number of carbonyl (C=O) groups is 1. The van der Waals surface area contributed by atoms with Gasteiger partial charge in [-0.2, -0.15) is 5.10 Å². The topological polar surface area (TPSA) is 61.9 Å². The third-order valence-electron chi connectivity index (χ3n) is 4.94. The number of rotatable bonds is 4. The van der Waals surface area contributed by atoms with Crippen molar-refractivity contribution in [1.29, 1.82) is 0 Å². The van der Waals surface area contributed by atoms with Crippen molar-refractivity contribution in [3.63, 3.8) is 0 Å². The van der Waals surface area contributed by atoms with Crippen LogP contribution >= 0.6 is 11.3 Å². The molecule has 5 nitrogen and oxygen atoms in total. The summed E-state index contributed by atoms with van der Waals surface area (Å²) < 4.78 is 0. The van der Waals surface area contributed by atoms with Gasteiger partial charge in [-0.1, -0.05) is 30.3 Å². The first-order valence-corrected chi connectivity index (χ1v) is 9.86. The Balaban J connectivity index is 1.50. The summed E-state index contributed by atoms with van der Waals surface area (Å²) in [6, 6.07) is 10.4. The number of benzene rings is 1. The van der Waals surface area contributed by atoms with Crippen molar-refractivity contribution in [2.24, 2.45) is 0 Å². The number of aromatic amines is 1. The second-order valence-electron chi connectivity index (χ2n) is 6.81. The smallest absolute Gasteiger partial charge is 0.273 e. The van der Waals surface area contributed by atoms with Gasteiger partial charge >= 0.3 is 0 Å². The van der Waals surface area contributed by atoms with Crippen molar-refractivity contribution in [2.45, 2.75) is 32.1 Å². The number of H-pyrrole nitrogens is 1. The molecular formula is C20H22N4OS. The van der Waals surface area contributed by atoms with Crippen LogP contribution in [0, 0.1) is 6.92 Å². The lowest BCUT2D eigenvalue weighted by atomic mass is 9.90. The van der Waals surface area contributed by atoms with Crippen LogP contribution in [0.2, 0.25) is 0 Å². The molecule has 0 radical (unpaired) electrons. The summed E-state index contributed by atoms with van der Waals surface area (Å²) in [5.41, 5.74) is 4.24. The molecule has 3 heterocycles. The molecule has 1 aliphatic heterocycles. The van der Waals surface area contributed by atoms with E-state index in [2.05, 4.69) is 39.4 Å². The van der Waals surface area contributed by atoms with Gasteiger partial charge < -0.3 is 4.90 Å². The molecule has 134 valence electrons. The highest BCUT2D eigenvalue weighted by Crippen LogP contribution is 2.29. The Morgan fingerprint density at radius 1 is 1.35 bits per heavy atom. The standard InChI is InChI=1S/C20H22N4OS/c1-14-22-18(13-26-14)20(25)24-9-5-8-16(12-24)19-17(11-21-23-19)10-15-6-3-2-4-7-15/h2-4,6-7,11,13,16H,5,8-10,12H2,1H3,(H,21,23). The number of aryl methyl sites for hydroxylation is 1. The molecule has 1 aromatic carbocycles. The van der Waals surface area contributed by atoms with Crippen molar-refractivity contribution in [3.05, 3.63) is 69.4 Å². The van der Waals surface area contributed by atoms with E-state index in [-0.39, 0.29) is 5.91 Å². The second-order valence-corrected chi connectivity index (χ2v) is 7.88.